The molecule has 0 fully saturated rings. The van der Waals surface area contributed by atoms with Crippen molar-refractivity contribution >= 4 is 27.6 Å². The van der Waals surface area contributed by atoms with Gasteiger partial charge in [0.2, 0.25) is 16.0 Å². The van der Waals surface area contributed by atoms with E-state index in [1.807, 2.05) is 0 Å². The minimum Gasteiger partial charge on any atom is -0.467 e. The van der Waals surface area contributed by atoms with Crippen LogP contribution < -0.4 is 14.4 Å². The summed E-state index contributed by atoms with van der Waals surface area (Å²) in [6.07, 6.45) is 0. The summed E-state index contributed by atoms with van der Waals surface area (Å²) in [4.78, 5) is 14.0. The number of methoxy groups -OCH3 is 1. The number of ether oxygens (including phenoxy) is 1. The van der Waals surface area contributed by atoms with E-state index in [9.17, 15) is 8.42 Å². The van der Waals surface area contributed by atoms with Gasteiger partial charge in [0, 0.05) is 19.1 Å². The Hall–Kier alpha value is -1.97. The van der Waals surface area contributed by atoms with Crippen LogP contribution in [-0.2, 0) is 16.6 Å². The molecule has 2 rings (SSSR count). The van der Waals surface area contributed by atoms with E-state index in [0.29, 0.717) is 11.0 Å². The Morgan fingerprint density at radius 1 is 1.25 bits per heavy atom. The van der Waals surface area contributed by atoms with Crippen LogP contribution in [0.25, 0.3) is 0 Å². The fourth-order valence-electron chi connectivity index (χ4n) is 1.74. The van der Waals surface area contributed by atoms with Gasteiger partial charge in [-0.2, -0.15) is 15.0 Å². The van der Waals surface area contributed by atoms with Gasteiger partial charge in [-0.05, 0) is 24.6 Å². The van der Waals surface area contributed by atoms with Gasteiger partial charge in [-0.1, -0.05) is 17.7 Å². The molecule has 0 saturated carbocycles. The van der Waals surface area contributed by atoms with E-state index in [0.717, 1.165) is 5.56 Å². The average Bonchev–Trinajstić information content (AvgIpc) is 2.55. The largest absolute Gasteiger partial charge is 0.467 e. The standard InChI is InChI=1S/C14H18ClN5O3S/c1-9-5-6-10(7-11(9)15)24(21,22)16-8-12-17-13(20(2)3)19-14(18-12)23-4/h5-7,16H,8H2,1-4H3. The molecule has 1 aromatic heterocycles. The lowest BCUT2D eigenvalue weighted by Crippen LogP contribution is -2.25. The maximum atomic E-state index is 12.4. The van der Waals surface area contributed by atoms with Crippen LogP contribution in [0.2, 0.25) is 5.02 Å². The third-order valence-corrected chi connectivity index (χ3v) is 4.91. The summed E-state index contributed by atoms with van der Waals surface area (Å²) in [6, 6.07) is 4.65. The van der Waals surface area contributed by atoms with Crippen LogP contribution in [0.1, 0.15) is 11.4 Å². The number of halogens is 1. The van der Waals surface area contributed by atoms with Gasteiger partial charge in [-0.3, -0.25) is 0 Å². The van der Waals surface area contributed by atoms with Crippen molar-refractivity contribution in [2.75, 3.05) is 26.1 Å². The molecule has 1 N–H and O–H groups in total. The van der Waals surface area contributed by atoms with Crippen molar-refractivity contribution in [3.63, 3.8) is 0 Å². The molecular weight excluding hydrogens is 354 g/mol. The lowest BCUT2D eigenvalue weighted by molar-refractivity contribution is 0.375. The van der Waals surface area contributed by atoms with Gasteiger partial charge in [0.25, 0.3) is 0 Å². The molecule has 2 aromatic rings. The predicted octanol–water partition coefficient (Wildman–Crippen LogP) is 1.39. The predicted molar refractivity (Wildman–Crippen MR) is 90.9 cm³/mol. The summed E-state index contributed by atoms with van der Waals surface area (Å²) >= 11 is 5.99. The summed E-state index contributed by atoms with van der Waals surface area (Å²) in [5.74, 6) is 0.613. The molecule has 0 unspecified atom stereocenters. The first-order valence-electron chi connectivity index (χ1n) is 6.95. The number of nitrogens with one attached hydrogen (secondary N) is 1. The number of hydrogen-bond acceptors (Lipinski definition) is 7. The topological polar surface area (TPSA) is 97.3 Å². The highest BCUT2D eigenvalue weighted by atomic mass is 35.5. The Balaban J connectivity index is 2.23. The second kappa shape index (κ2) is 7.29. The zero-order valence-electron chi connectivity index (χ0n) is 13.7. The third kappa shape index (κ3) is 4.31. The van der Waals surface area contributed by atoms with E-state index >= 15 is 0 Å². The molecular formula is C14H18ClN5O3S. The Morgan fingerprint density at radius 3 is 2.54 bits per heavy atom. The Kier molecular flexibility index (Phi) is 5.58. The summed E-state index contributed by atoms with van der Waals surface area (Å²) in [6.45, 7) is 1.69. The molecule has 0 spiro atoms. The highest BCUT2D eigenvalue weighted by Gasteiger charge is 2.17. The maximum Gasteiger partial charge on any atom is 0.321 e. The van der Waals surface area contributed by atoms with E-state index in [4.69, 9.17) is 16.3 Å². The van der Waals surface area contributed by atoms with Crippen molar-refractivity contribution in [2.24, 2.45) is 0 Å². The van der Waals surface area contributed by atoms with Crippen LogP contribution >= 0.6 is 11.6 Å². The molecule has 1 heterocycles. The number of nitrogens with zero attached hydrogens (tertiary/aromatic N) is 4. The smallest absolute Gasteiger partial charge is 0.321 e. The van der Waals surface area contributed by atoms with Gasteiger partial charge < -0.3 is 9.64 Å². The van der Waals surface area contributed by atoms with Crippen LogP contribution in [0, 0.1) is 6.92 Å². The van der Waals surface area contributed by atoms with Crippen molar-refractivity contribution in [1.82, 2.24) is 19.7 Å². The lowest BCUT2D eigenvalue weighted by Gasteiger charge is -2.12. The van der Waals surface area contributed by atoms with E-state index in [1.165, 1.54) is 19.2 Å². The van der Waals surface area contributed by atoms with Crippen molar-refractivity contribution in [3.05, 3.63) is 34.6 Å². The third-order valence-electron chi connectivity index (χ3n) is 3.11. The van der Waals surface area contributed by atoms with Crippen LogP contribution in [0.5, 0.6) is 6.01 Å². The molecule has 0 aliphatic rings. The average molecular weight is 372 g/mol. The Morgan fingerprint density at radius 2 is 1.96 bits per heavy atom. The zero-order valence-corrected chi connectivity index (χ0v) is 15.3. The lowest BCUT2D eigenvalue weighted by atomic mass is 10.2. The van der Waals surface area contributed by atoms with Gasteiger partial charge in [0.15, 0.2) is 5.82 Å². The molecule has 24 heavy (non-hydrogen) atoms. The Labute approximate surface area is 145 Å². The van der Waals surface area contributed by atoms with Gasteiger partial charge in [-0.25, -0.2) is 13.1 Å². The minimum atomic E-state index is -3.74. The number of hydrogen-bond donors (Lipinski definition) is 1. The van der Waals surface area contributed by atoms with E-state index in [-0.39, 0.29) is 23.3 Å². The monoisotopic (exact) mass is 371 g/mol. The molecule has 0 atom stereocenters. The van der Waals surface area contributed by atoms with E-state index in [1.54, 1.807) is 32.0 Å². The molecule has 0 radical (unpaired) electrons. The number of rotatable bonds is 6. The van der Waals surface area contributed by atoms with Crippen molar-refractivity contribution in [2.45, 2.75) is 18.4 Å². The molecule has 0 aliphatic heterocycles. The van der Waals surface area contributed by atoms with Crippen LogP contribution in [0.15, 0.2) is 23.1 Å². The highest BCUT2D eigenvalue weighted by molar-refractivity contribution is 7.89. The van der Waals surface area contributed by atoms with Gasteiger partial charge in [0.05, 0.1) is 18.6 Å². The van der Waals surface area contributed by atoms with E-state index < -0.39 is 10.0 Å². The minimum absolute atomic E-state index is 0.0759. The first-order chi connectivity index (χ1) is 11.2. The van der Waals surface area contributed by atoms with Gasteiger partial charge in [0.1, 0.15) is 0 Å². The molecule has 0 saturated heterocycles. The summed E-state index contributed by atoms with van der Waals surface area (Å²) in [7, 11) is 1.21. The first-order valence-corrected chi connectivity index (χ1v) is 8.81. The number of anilines is 1. The Bertz CT molecular complexity index is 842. The summed E-state index contributed by atoms with van der Waals surface area (Å²) in [5.41, 5.74) is 0.799. The highest BCUT2D eigenvalue weighted by Crippen LogP contribution is 2.20. The SMILES string of the molecule is COc1nc(CNS(=O)(=O)c2ccc(C)c(Cl)c2)nc(N(C)C)n1. The number of sulfonamides is 1. The molecule has 1 aromatic carbocycles. The molecule has 0 bridgehead atoms. The number of aromatic nitrogens is 3. The zero-order chi connectivity index (χ0) is 17.9. The first kappa shape index (κ1) is 18.4. The number of benzene rings is 1. The molecule has 0 amide bonds. The normalized spacial score (nSPS) is 11.4. The fourth-order valence-corrected chi connectivity index (χ4v) is 2.99. The molecule has 130 valence electrons. The van der Waals surface area contributed by atoms with Crippen molar-refractivity contribution in [3.8, 4) is 6.01 Å². The van der Waals surface area contributed by atoms with Crippen LogP contribution in [0.3, 0.4) is 0 Å². The molecule has 10 heteroatoms. The number of aryl methyl sites for hydroxylation is 1. The molecule has 8 nitrogen and oxygen atoms in total. The second-order valence-electron chi connectivity index (χ2n) is 5.17. The second-order valence-corrected chi connectivity index (χ2v) is 7.34. The molecule has 0 aliphatic carbocycles. The van der Waals surface area contributed by atoms with Crippen molar-refractivity contribution < 1.29 is 13.2 Å². The van der Waals surface area contributed by atoms with Gasteiger partial charge >= 0.3 is 6.01 Å². The fraction of sp³-hybridized carbons (Fsp3) is 0.357. The summed E-state index contributed by atoms with van der Waals surface area (Å²) in [5, 5.41) is 0.384. The van der Waals surface area contributed by atoms with Crippen LogP contribution in [-0.4, -0.2) is 44.6 Å². The quantitative estimate of drug-likeness (QED) is 0.819. The summed E-state index contributed by atoms with van der Waals surface area (Å²) < 4.78 is 32.2. The maximum absolute atomic E-state index is 12.4. The van der Waals surface area contributed by atoms with Crippen LogP contribution in [0.4, 0.5) is 5.95 Å². The van der Waals surface area contributed by atoms with E-state index in [2.05, 4.69) is 19.7 Å². The van der Waals surface area contributed by atoms with Crippen molar-refractivity contribution in [1.29, 1.82) is 0 Å². The van der Waals surface area contributed by atoms with Gasteiger partial charge in [-0.15, -0.1) is 0 Å².